The maximum Gasteiger partial charge on any atom is 0.234 e. The van der Waals surface area contributed by atoms with E-state index in [1.54, 1.807) is 38.1 Å². The van der Waals surface area contributed by atoms with Gasteiger partial charge in [0.05, 0.1) is 12.4 Å². The fourth-order valence-electron chi connectivity index (χ4n) is 1.87. The second kappa shape index (κ2) is 9.76. The minimum absolute atomic E-state index is 0.116. The quantitative estimate of drug-likeness (QED) is 0.689. The predicted octanol–water partition coefficient (Wildman–Crippen LogP) is 3.20. The molecule has 2 rings (SSSR count). The first kappa shape index (κ1) is 19.7. The molecule has 0 aliphatic heterocycles. The number of nitrogens with zero attached hydrogens (tertiary/aromatic N) is 2. The van der Waals surface area contributed by atoms with Gasteiger partial charge in [0, 0.05) is 11.6 Å². The van der Waals surface area contributed by atoms with Gasteiger partial charge in [-0.3, -0.25) is 9.59 Å². The third-order valence-electron chi connectivity index (χ3n) is 3.22. The van der Waals surface area contributed by atoms with E-state index in [1.807, 2.05) is 19.1 Å². The van der Waals surface area contributed by atoms with Crippen LogP contribution in [0.3, 0.4) is 0 Å². The molecule has 26 heavy (non-hydrogen) atoms. The Balaban J connectivity index is 1.80. The van der Waals surface area contributed by atoms with E-state index in [1.165, 1.54) is 11.8 Å². The predicted molar refractivity (Wildman–Crippen MR) is 102 cm³/mol. The van der Waals surface area contributed by atoms with Gasteiger partial charge in [-0.05, 0) is 43.3 Å². The largest absolute Gasteiger partial charge is 0.494 e. The molecule has 7 nitrogen and oxygen atoms in total. The van der Waals surface area contributed by atoms with Crippen LogP contribution in [0, 0.1) is 5.92 Å². The zero-order valence-corrected chi connectivity index (χ0v) is 15.8. The Hall–Kier alpha value is -2.61. The highest BCUT2D eigenvalue weighted by Gasteiger charge is 2.09. The van der Waals surface area contributed by atoms with E-state index in [0.29, 0.717) is 23.1 Å². The molecular formula is C18H22N4O3S. The molecule has 0 atom stereocenters. The van der Waals surface area contributed by atoms with Crippen molar-refractivity contribution in [1.29, 1.82) is 0 Å². The number of hydrogen-bond donors (Lipinski definition) is 2. The molecule has 0 aliphatic rings. The van der Waals surface area contributed by atoms with Gasteiger partial charge in [-0.1, -0.05) is 25.6 Å². The number of thioether (sulfide) groups is 1. The summed E-state index contributed by atoms with van der Waals surface area (Å²) in [7, 11) is 0. The fourth-order valence-corrected chi connectivity index (χ4v) is 2.49. The van der Waals surface area contributed by atoms with Crippen LogP contribution in [0.15, 0.2) is 41.4 Å². The highest BCUT2D eigenvalue weighted by molar-refractivity contribution is 7.99. The van der Waals surface area contributed by atoms with Crippen LogP contribution in [0.2, 0.25) is 0 Å². The Kier molecular flexibility index (Phi) is 7.40. The monoisotopic (exact) mass is 374 g/mol. The number of carbonyl (C=O) groups excluding carboxylic acids is 2. The molecule has 1 aromatic carbocycles. The van der Waals surface area contributed by atoms with Crippen LogP contribution in [-0.4, -0.2) is 34.4 Å². The summed E-state index contributed by atoms with van der Waals surface area (Å²) in [6.07, 6.45) is 0. The van der Waals surface area contributed by atoms with Crippen molar-refractivity contribution in [3.63, 3.8) is 0 Å². The zero-order valence-electron chi connectivity index (χ0n) is 15.0. The first-order valence-electron chi connectivity index (χ1n) is 8.28. The highest BCUT2D eigenvalue weighted by Crippen LogP contribution is 2.18. The van der Waals surface area contributed by atoms with E-state index in [4.69, 9.17) is 4.74 Å². The van der Waals surface area contributed by atoms with Crippen LogP contribution in [0.4, 0.5) is 11.5 Å². The van der Waals surface area contributed by atoms with Gasteiger partial charge in [0.2, 0.25) is 11.8 Å². The van der Waals surface area contributed by atoms with Gasteiger partial charge in [0.25, 0.3) is 0 Å². The third kappa shape index (κ3) is 6.36. The number of hydrogen-bond acceptors (Lipinski definition) is 6. The average molecular weight is 374 g/mol. The van der Waals surface area contributed by atoms with E-state index in [0.717, 1.165) is 5.75 Å². The topological polar surface area (TPSA) is 93.2 Å². The van der Waals surface area contributed by atoms with Gasteiger partial charge >= 0.3 is 0 Å². The summed E-state index contributed by atoms with van der Waals surface area (Å²) >= 11 is 1.27. The lowest BCUT2D eigenvalue weighted by Crippen LogP contribution is -2.18. The summed E-state index contributed by atoms with van der Waals surface area (Å²) in [4.78, 5) is 23.6. The summed E-state index contributed by atoms with van der Waals surface area (Å²) < 4.78 is 5.36. The van der Waals surface area contributed by atoms with Crippen LogP contribution in [0.1, 0.15) is 20.8 Å². The molecule has 0 radical (unpaired) electrons. The molecule has 0 bridgehead atoms. The van der Waals surface area contributed by atoms with Crippen molar-refractivity contribution in [2.24, 2.45) is 5.92 Å². The van der Waals surface area contributed by atoms with Gasteiger partial charge < -0.3 is 15.4 Å². The van der Waals surface area contributed by atoms with Crippen LogP contribution < -0.4 is 15.4 Å². The lowest BCUT2D eigenvalue weighted by molar-refractivity contribution is -0.119. The average Bonchev–Trinajstić information content (AvgIpc) is 2.63. The lowest BCUT2D eigenvalue weighted by Gasteiger charge is -2.08. The molecular weight excluding hydrogens is 352 g/mol. The molecule has 2 amide bonds. The maximum absolute atomic E-state index is 12.0. The van der Waals surface area contributed by atoms with Crippen molar-refractivity contribution < 1.29 is 14.3 Å². The molecule has 0 fully saturated rings. The van der Waals surface area contributed by atoms with Crippen molar-refractivity contribution in [2.45, 2.75) is 25.8 Å². The number of benzene rings is 1. The fraction of sp³-hybridized carbons (Fsp3) is 0.333. The summed E-state index contributed by atoms with van der Waals surface area (Å²) in [5, 5.41) is 14.0. The maximum atomic E-state index is 12.0. The summed E-state index contributed by atoms with van der Waals surface area (Å²) in [6, 6.07) is 10.6. The minimum atomic E-state index is -0.141. The van der Waals surface area contributed by atoms with Crippen molar-refractivity contribution >= 4 is 35.1 Å². The smallest absolute Gasteiger partial charge is 0.234 e. The Morgan fingerprint density at radius 2 is 1.81 bits per heavy atom. The number of anilines is 2. The number of ether oxygens (including phenoxy) is 1. The molecule has 2 aromatic rings. The van der Waals surface area contributed by atoms with Crippen molar-refractivity contribution in [2.75, 3.05) is 23.0 Å². The Morgan fingerprint density at radius 3 is 2.38 bits per heavy atom. The molecule has 8 heteroatoms. The van der Waals surface area contributed by atoms with Gasteiger partial charge in [-0.25, -0.2) is 0 Å². The first-order valence-corrected chi connectivity index (χ1v) is 9.26. The Bertz CT molecular complexity index is 733. The number of nitrogens with one attached hydrogen (secondary N) is 2. The van der Waals surface area contributed by atoms with Gasteiger partial charge in [-0.15, -0.1) is 10.2 Å². The molecule has 1 heterocycles. The van der Waals surface area contributed by atoms with Gasteiger partial charge in [0.1, 0.15) is 10.8 Å². The summed E-state index contributed by atoms with van der Waals surface area (Å²) in [5.41, 5.74) is 0.705. The van der Waals surface area contributed by atoms with E-state index in [-0.39, 0.29) is 23.5 Å². The lowest BCUT2D eigenvalue weighted by atomic mass is 10.2. The Labute approximate surface area is 156 Å². The van der Waals surface area contributed by atoms with E-state index < -0.39 is 0 Å². The standard InChI is InChI=1S/C18H22N4O3S/c1-4-25-14-7-5-13(6-8-14)19-16(23)11-26-17-10-9-15(21-22-17)20-18(24)12(2)3/h5-10,12H,4,11H2,1-3H3,(H,19,23)(H,20,21,24). The van der Waals surface area contributed by atoms with Crippen LogP contribution in [0.5, 0.6) is 5.75 Å². The van der Waals surface area contributed by atoms with Crippen molar-refractivity contribution in [3.8, 4) is 5.75 Å². The van der Waals surface area contributed by atoms with E-state index in [2.05, 4.69) is 20.8 Å². The molecule has 0 saturated carbocycles. The number of amides is 2. The van der Waals surface area contributed by atoms with Crippen molar-refractivity contribution in [1.82, 2.24) is 10.2 Å². The zero-order chi connectivity index (χ0) is 18.9. The number of carbonyl (C=O) groups is 2. The summed E-state index contributed by atoms with van der Waals surface area (Å²) in [6.45, 7) is 6.12. The van der Waals surface area contributed by atoms with Crippen LogP contribution >= 0.6 is 11.8 Å². The van der Waals surface area contributed by atoms with Crippen LogP contribution in [0.25, 0.3) is 0 Å². The summed E-state index contributed by atoms with van der Waals surface area (Å²) in [5.74, 6) is 0.982. The highest BCUT2D eigenvalue weighted by atomic mass is 32.2. The second-order valence-electron chi connectivity index (χ2n) is 5.70. The molecule has 0 unspecified atom stereocenters. The van der Waals surface area contributed by atoms with E-state index in [9.17, 15) is 9.59 Å². The molecule has 138 valence electrons. The first-order chi connectivity index (χ1) is 12.5. The van der Waals surface area contributed by atoms with E-state index >= 15 is 0 Å². The number of aromatic nitrogens is 2. The normalized spacial score (nSPS) is 10.5. The molecule has 2 N–H and O–H groups in total. The molecule has 0 spiro atoms. The SMILES string of the molecule is CCOc1ccc(NC(=O)CSc2ccc(NC(=O)C(C)C)nn2)cc1. The van der Waals surface area contributed by atoms with Crippen LogP contribution in [-0.2, 0) is 9.59 Å². The Morgan fingerprint density at radius 1 is 1.08 bits per heavy atom. The molecule has 1 aromatic heterocycles. The number of rotatable bonds is 8. The minimum Gasteiger partial charge on any atom is -0.494 e. The molecule has 0 saturated heterocycles. The van der Waals surface area contributed by atoms with Crippen molar-refractivity contribution in [3.05, 3.63) is 36.4 Å². The van der Waals surface area contributed by atoms with Gasteiger partial charge in [-0.2, -0.15) is 0 Å². The second-order valence-corrected chi connectivity index (χ2v) is 6.69. The molecule has 0 aliphatic carbocycles. The third-order valence-corrected chi connectivity index (χ3v) is 4.14. The van der Waals surface area contributed by atoms with Gasteiger partial charge in [0.15, 0.2) is 5.82 Å².